The van der Waals surface area contributed by atoms with Crippen molar-refractivity contribution in [2.45, 2.75) is 19.4 Å². The quantitative estimate of drug-likeness (QED) is 0.628. The number of halogens is 1. The van der Waals surface area contributed by atoms with E-state index in [1.807, 2.05) is 19.9 Å². The summed E-state index contributed by atoms with van der Waals surface area (Å²) < 4.78 is 24.4. The minimum Gasteiger partial charge on any atom is -0.482 e. The molecular weight excluding hydrogens is 361 g/mol. The lowest BCUT2D eigenvalue weighted by atomic mass is 9.91. The van der Waals surface area contributed by atoms with E-state index in [0.717, 1.165) is 11.1 Å². The first-order chi connectivity index (χ1) is 13.3. The number of fused-ring (bicyclic) bond motifs is 1. The van der Waals surface area contributed by atoms with Crippen LogP contribution in [0.25, 0.3) is 11.1 Å². The molecule has 2 aromatic carbocycles. The van der Waals surface area contributed by atoms with Crippen molar-refractivity contribution in [3.63, 3.8) is 0 Å². The Labute approximate surface area is 161 Å². The third-order valence-corrected chi connectivity index (χ3v) is 4.86. The Kier molecular flexibility index (Phi) is 4.07. The summed E-state index contributed by atoms with van der Waals surface area (Å²) in [5.74, 6) is -0.781. The number of benzene rings is 2. The number of hydrogen-bond donors (Lipinski definition) is 1. The fourth-order valence-corrected chi connectivity index (χ4v) is 3.54. The second kappa shape index (κ2) is 6.34. The SMILES string of the molecule is COC(=O)c1cccc(C2=C/C(=C3\C(=O)Nc4cc(F)ccc43)OC2(C)C)c1. The van der Waals surface area contributed by atoms with E-state index in [2.05, 4.69) is 5.32 Å². The zero-order valence-corrected chi connectivity index (χ0v) is 15.6. The molecule has 0 atom stereocenters. The highest BCUT2D eigenvalue weighted by molar-refractivity contribution is 6.32. The molecule has 2 aromatic rings. The molecule has 2 aliphatic heterocycles. The maximum Gasteiger partial charge on any atom is 0.337 e. The van der Waals surface area contributed by atoms with Gasteiger partial charge >= 0.3 is 5.97 Å². The second-order valence-electron chi connectivity index (χ2n) is 7.13. The number of esters is 1. The summed E-state index contributed by atoms with van der Waals surface area (Å²) in [5.41, 5.74) is 2.70. The van der Waals surface area contributed by atoms with Crippen LogP contribution >= 0.6 is 0 Å². The van der Waals surface area contributed by atoms with Gasteiger partial charge in [-0.15, -0.1) is 0 Å². The van der Waals surface area contributed by atoms with Crippen molar-refractivity contribution >= 4 is 28.7 Å². The molecule has 0 saturated heterocycles. The molecule has 0 unspecified atom stereocenters. The summed E-state index contributed by atoms with van der Waals surface area (Å²) in [7, 11) is 1.33. The van der Waals surface area contributed by atoms with Crippen LogP contribution in [0.4, 0.5) is 10.1 Å². The Morgan fingerprint density at radius 2 is 1.96 bits per heavy atom. The van der Waals surface area contributed by atoms with Gasteiger partial charge in [0.1, 0.15) is 17.2 Å². The lowest BCUT2D eigenvalue weighted by Gasteiger charge is -2.23. The molecule has 142 valence electrons. The van der Waals surface area contributed by atoms with E-state index < -0.39 is 17.4 Å². The summed E-state index contributed by atoms with van der Waals surface area (Å²) in [6.07, 6.45) is 1.80. The number of amides is 1. The van der Waals surface area contributed by atoms with Crippen molar-refractivity contribution in [1.82, 2.24) is 0 Å². The monoisotopic (exact) mass is 379 g/mol. The molecule has 0 aromatic heterocycles. The first kappa shape index (κ1) is 18.0. The zero-order chi connectivity index (χ0) is 20.1. The molecule has 1 amide bonds. The van der Waals surface area contributed by atoms with Gasteiger partial charge in [0.15, 0.2) is 0 Å². The Hall–Kier alpha value is -3.41. The Morgan fingerprint density at radius 1 is 1.18 bits per heavy atom. The molecule has 5 nitrogen and oxygen atoms in total. The van der Waals surface area contributed by atoms with E-state index in [-0.39, 0.29) is 5.91 Å². The first-order valence-corrected chi connectivity index (χ1v) is 8.75. The highest BCUT2D eigenvalue weighted by atomic mass is 19.1. The van der Waals surface area contributed by atoms with Crippen LogP contribution in [0.3, 0.4) is 0 Å². The fraction of sp³-hybridized carbons (Fsp3) is 0.182. The van der Waals surface area contributed by atoms with Crippen LogP contribution in [0.5, 0.6) is 0 Å². The van der Waals surface area contributed by atoms with Gasteiger partial charge in [-0.1, -0.05) is 12.1 Å². The van der Waals surface area contributed by atoms with Crippen molar-refractivity contribution in [3.8, 4) is 0 Å². The second-order valence-corrected chi connectivity index (χ2v) is 7.13. The van der Waals surface area contributed by atoms with Crippen LogP contribution in [-0.2, 0) is 14.3 Å². The van der Waals surface area contributed by atoms with E-state index in [0.29, 0.717) is 28.1 Å². The van der Waals surface area contributed by atoms with Gasteiger partial charge in [-0.05, 0) is 55.8 Å². The van der Waals surface area contributed by atoms with Gasteiger partial charge in [0, 0.05) is 11.1 Å². The third-order valence-electron chi connectivity index (χ3n) is 4.86. The van der Waals surface area contributed by atoms with Gasteiger partial charge in [-0.3, -0.25) is 4.79 Å². The molecule has 28 heavy (non-hydrogen) atoms. The zero-order valence-electron chi connectivity index (χ0n) is 15.6. The van der Waals surface area contributed by atoms with Crippen LogP contribution in [0.15, 0.2) is 54.3 Å². The molecule has 0 radical (unpaired) electrons. The van der Waals surface area contributed by atoms with E-state index >= 15 is 0 Å². The van der Waals surface area contributed by atoms with Crippen molar-refractivity contribution in [1.29, 1.82) is 0 Å². The van der Waals surface area contributed by atoms with Crippen molar-refractivity contribution in [3.05, 3.63) is 76.8 Å². The van der Waals surface area contributed by atoms with Gasteiger partial charge in [0.25, 0.3) is 5.91 Å². The van der Waals surface area contributed by atoms with Crippen LogP contribution < -0.4 is 5.32 Å². The average Bonchev–Trinajstić information content (AvgIpc) is 3.15. The van der Waals surface area contributed by atoms with Crippen LogP contribution in [0.1, 0.15) is 35.3 Å². The van der Waals surface area contributed by atoms with Gasteiger partial charge in [0.2, 0.25) is 0 Å². The number of carbonyl (C=O) groups is 2. The Balaban J connectivity index is 1.83. The molecule has 2 aliphatic rings. The number of ether oxygens (including phenoxy) is 2. The van der Waals surface area contributed by atoms with E-state index in [1.165, 1.54) is 19.2 Å². The normalized spacial score (nSPS) is 19.6. The topological polar surface area (TPSA) is 64.6 Å². The Bertz CT molecular complexity index is 1080. The molecule has 0 bridgehead atoms. The lowest BCUT2D eigenvalue weighted by molar-refractivity contribution is -0.111. The van der Waals surface area contributed by atoms with Gasteiger partial charge in [-0.25, -0.2) is 9.18 Å². The number of carbonyl (C=O) groups excluding carboxylic acids is 2. The molecule has 1 N–H and O–H groups in total. The molecule has 2 heterocycles. The van der Waals surface area contributed by atoms with Crippen LogP contribution in [0, 0.1) is 5.82 Å². The molecule has 0 spiro atoms. The number of anilines is 1. The van der Waals surface area contributed by atoms with Crippen molar-refractivity contribution in [2.75, 3.05) is 12.4 Å². The van der Waals surface area contributed by atoms with Crippen LogP contribution in [0.2, 0.25) is 0 Å². The number of nitrogens with one attached hydrogen (secondary N) is 1. The predicted octanol–water partition coefficient (Wildman–Crippen LogP) is 4.17. The maximum absolute atomic E-state index is 13.5. The summed E-state index contributed by atoms with van der Waals surface area (Å²) >= 11 is 0. The molecule has 6 heteroatoms. The summed E-state index contributed by atoms with van der Waals surface area (Å²) in [6.45, 7) is 3.77. The largest absolute Gasteiger partial charge is 0.482 e. The molecule has 4 rings (SSSR count). The summed E-state index contributed by atoms with van der Waals surface area (Å²) in [6, 6.07) is 11.2. The number of rotatable bonds is 2. The smallest absolute Gasteiger partial charge is 0.337 e. The van der Waals surface area contributed by atoms with Crippen molar-refractivity contribution in [2.24, 2.45) is 0 Å². The van der Waals surface area contributed by atoms with E-state index in [1.54, 1.807) is 30.3 Å². The van der Waals surface area contributed by atoms with E-state index in [4.69, 9.17) is 9.47 Å². The standard InChI is InChI=1S/C22H18FNO4/c1-22(2)16(12-5-4-6-13(9-12)21(26)27-3)11-18(28-22)19-15-8-7-14(23)10-17(15)24-20(19)25/h4-11H,1-3H3,(H,24,25)/b19-18+. The van der Waals surface area contributed by atoms with E-state index in [9.17, 15) is 14.0 Å². The minimum absolute atomic E-state index is 0.341. The third kappa shape index (κ3) is 2.87. The number of allylic oxidation sites excluding steroid dienone is 1. The number of methoxy groups -OCH3 is 1. The number of hydrogen-bond acceptors (Lipinski definition) is 4. The van der Waals surface area contributed by atoms with Crippen LogP contribution in [-0.4, -0.2) is 24.6 Å². The van der Waals surface area contributed by atoms with Gasteiger partial charge < -0.3 is 14.8 Å². The minimum atomic E-state index is -0.722. The molecule has 0 saturated carbocycles. The molecule has 0 fully saturated rings. The summed E-state index contributed by atoms with van der Waals surface area (Å²) in [4.78, 5) is 24.4. The Morgan fingerprint density at radius 3 is 2.71 bits per heavy atom. The van der Waals surface area contributed by atoms with Gasteiger partial charge in [0.05, 0.1) is 23.9 Å². The molecule has 0 aliphatic carbocycles. The first-order valence-electron chi connectivity index (χ1n) is 8.75. The molecular formula is C22H18FNO4. The average molecular weight is 379 g/mol. The predicted molar refractivity (Wildman–Crippen MR) is 103 cm³/mol. The lowest BCUT2D eigenvalue weighted by Crippen LogP contribution is -2.21. The highest BCUT2D eigenvalue weighted by Crippen LogP contribution is 2.44. The van der Waals surface area contributed by atoms with Crippen molar-refractivity contribution < 1.29 is 23.5 Å². The fourth-order valence-electron chi connectivity index (χ4n) is 3.54. The van der Waals surface area contributed by atoms with Gasteiger partial charge in [-0.2, -0.15) is 0 Å². The highest BCUT2D eigenvalue weighted by Gasteiger charge is 2.38. The summed E-state index contributed by atoms with van der Waals surface area (Å²) in [5, 5.41) is 2.67. The maximum atomic E-state index is 13.5.